The number of rotatable bonds is 2. The molecule has 0 aromatic heterocycles. The van der Waals surface area contributed by atoms with E-state index in [1.165, 1.54) is 0 Å². The fourth-order valence-corrected chi connectivity index (χ4v) is 3.39. The Balaban J connectivity index is 1.84. The highest BCUT2D eigenvalue weighted by molar-refractivity contribution is 5.82. The van der Waals surface area contributed by atoms with Crippen molar-refractivity contribution in [2.45, 2.75) is 33.6 Å². The number of carbonyl (C=O) groups is 2. The van der Waals surface area contributed by atoms with Crippen molar-refractivity contribution in [1.82, 2.24) is 19.6 Å². The molecular weight excluding hydrogens is 304 g/mol. The van der Waals surface area contributed by atoms with Crippen molar-refractivity contribution in [2.75, 3.05) is 66.0 Å². The van der Waals surface area contributed by atoms with Gasteiger partial charge in [0.2, 0.25) is 11.8 Å². The molecule has 0 aromatic rings. The van der Waals surface area contributed by atoms with Gasteiger partial charge in [0.15, 0.2) is 0 Å². The first kappa shape index (κ1) is 19.2. The zero-order chi connectivity index (χ0) is 17.7. The molecule has 0 bridgehead atoms. The van der Waals surface area contributed by atoms with Gasteiger partial charge in [-0.15, -0.1) is 0 Å². The quantitative estimate of drug-likeness (QED) is 0.745. The Bertz CT molecular complexity index is 447. The van der Waals surface area contributed by atoms with Crippen LogP contribution in [0, 0.1) is 5.41 Å². The van der Waals surface area contributed by atoms with Crippen molar-refractivity contribution < 1.29 is 9.59 Å². The Labute approximate surface area is 146 Å². The number of carbonyl (C=O) groups excluding carboxylic acids is 2. The van der Waals surface area contributed by atoms with E-state index in [1.54, 1.807) is 0 Å². The molecule has 6 nitrogen and oxygen atoms in total. The summed E-state index contributed by atoms with van der Waals surface area (Å²) in [6, 6.07) is 0. The van der Waals surface area contributed by atoms with Crippen LogP contribution in [0.1, 0.15) is 33.6 Å². The van der Waals surface area contributed by atoms with Gasteiger partial charge >= 0.3 is 0 Å². The highest BCUT2D eigenvalue weighted by Crippen LogP contribution is 2.18. The second-order valence-electron chi connectivity index (χ2n) is 8.21. The van der Waals surface area contributed by atoms with Crippen LogP contribution in [0.2, 0.25) is 0 Å². The average molecular weight is 338 g/mol. The number of nitrogens with zero attached hydrogens (tertiary/aromatic N) is 4. The lowest BCUT2D eigenvalue weighted by molar-refractivity contribution is -0.140. The molecule has 2 amide bonds. The van der Waals surface area contributed by atoms with Crippen LogP contribution >= 0.6 is 0 Å². The molecule has 138 valence electrons. The monoisotopic (exact) mass is 338 g/mol. The molecular formula is C18H34N4O2. The lowest BCUT2D eigenvalue weighted by atomic mass is 9.94. The predicted octanol–water partition coefficient (Wildman–Crippen LogP) is 0.731. The number of hydrogen-bond acceptors (Lipinski definition) is 4. The minimum atomic E-state index is -0.350. The summed E-state index contributed by atoms with van der Waals surface area (Å²) in [5, 5.41) is 0. The smallest absolute Gasteiger partial charge is 0.236 e. The molecule has 6 heteroatoms. The Kier molecular flexibility index (Phi) is 6.63. The Morgan fingerprint density at radius 1 is 0.792 bits per heavy atom. The van der Waals surface area contributed by atoms with Gasteiger partial charge in [0.1, 0.15) is 0 Å². The third kappa shape index (κ3) is 5.45. The summed E-state index contributed by atoms with van der Waals surface area (Å²) in [5.41, 5.74) is -0.350. The molecule has 2 aliphatic rings. The fraction of sp³-hybridized carbons (Fsp3) is 0.889. The summed E-state index contributed by atoms with van der Waals surface area (Å²) >= 11 is 0. The zero-order valence-electron chi connectivity index (χ0n) is 15.9. The molecule has 2 rings (SSSR count). The van der Waals surface area contributed by atoms with Crippen molar-refractivity contribution in [3.8, 4) is 0 Å². The molecule has 0 aromatic carbocycles. The summed E-state index contributed by atoms with van der Waals surface area (Å²) in [6.45, 7) is 13.3. The summed E-state index contributed by atoms with van der Waals surface area (Å²) in [6.07, 6.45) is 1.99. The molecule has 0 spiro atoms. The second-order valence-corrected chi connectivity index (χ2v) is 8.21. The molecule has 0 unspecified atom stereocenters. The van der Waals surface area contributed by atoms with E-state index in [0.29, 0.717) is 19.6 Å². The van der Waals surface area contributed by atoms with Crippen molar-refractivity contribution in [1.29, 1.82) is 0 Å². The molecule has 2 aliphatic heterocycles. The van der Waals surface area contributed by atoms with Gasteiger partial charge in [0.25, 0.3) is 0 Å². The minimum absolute atomic E-state index is 0.187. The van der Waals surface area contributed by atoms with Crippen LogP contribution in [-0.2, 0) is 9.59 Å². The van der Waals surface area contributed by atoms with E-state index < -0.39 is 0 Å². The maximum Gasteiger partial charge on any atom is 0.236 e. The summed E-state index contributed by atoms with van der Waals surface area (Å²) in [5.74, 6) is 0.400. The minimum Gasteiger partial charge on any atom is -0.340 e. The molecule has 0 aliphatic carbocycles. The van der Waals surface area contributed by atoms with Gasteiger partial charge in [0.05, 0.1) is 6.54 Å². The standard InChI is InChI=1S/C18H34N4O2/c1-18(2,3)17(24)22-10-6-9-21(13-14-22)16(23)15-20-8-5-7-19(4)11-12-20/h5-15H2,1-4H3. The average Bonchev–Trinajstić information content (AvgIpc) is 2.86. The SMILES string of the molecule is CN1CCCN(CC(=O)N2CCCN(C(=O)C(C)(C)C)CC2)CC1. The van der Waals surface area contributed by atoms with E-state index >= 15 is 0 Å². The largest absolute Gasteiger partial charge is 0.340 e. The molecule has 2 fully saturated rings. The second kappa shape index (κ2) is 8.30. The first-order valence-electron chi connectivity index (χ1n) is 9.25. The van der Waals surface area contributed by atoms with E-state index in [9.17, 15) is 9.59 Å². The lowest BCUT2D eigenvalue weighted by Crippen LogP contribution is -2.44. The summed E-state index contributed by atoms with van der Waals surface area (Å²) in [7, 11) is 2.14. The van der Waals surface area contributed by atoms with Crippen molar-refractivity contribution >= 4 is 11.8 Å². The third-order valence-corrected chi connectivity index (χ3v) is 4.95. The van der Waals surface area contributed by atoms with Crippen molar-refractivity contribution in [2.24, 2.45) is 5.41 Å². The third-order valence-electron chi connectivity index (χ3n) is 4.95. The van der Waals surface area contributed by atoms with Crippen LogP contribution in [0.15, 0.2) is 0 Å². The van der Waals surface area contributed by atoms with Crippen LogP contribution in [0.3, 0.4) is 0 Å². The van der Waals surface area contributed by atoms with Gasteiger partial charge in [0, 0.05) is 44.7 Å². The topological polar surface area (TPSA) is 47.1 Å². The predicted molar refractivity (Wildman–Crippen MR) is 95.8 cm³/mol. The van der Waals surface area contributed by atoms with Gasteiger partial charge in [-0.3, -0.25) is 14.5 Å². The number of hydrogen-bond donors (Lipinski definition) is 0. The Morgan fingerprint density at radius 2 is 1.42 bits per heavy atom. The highest BCUT2D eigenvalue weighted by atomic mass is 16.2. The van der Waals surface area contributed by atoms with Crippen LogP contribution in [0.4, 0.5) is 0 Å². The van der Waals surface area contributed by atoms with Gasteiger partial charge in [-0.05, 0) is 33.0 Å². The van der Waals surface area contributed by atoms with Gasteiger partial charge < -0.3 is 14.7 Å². The first-order valence-corrected chi connectivity index (χ1v) is 9.25. The van der Waals surface area contributed by atoms with Crippen LogP contribution in [-0.4, -0.2) is 97.4 Å². The normalized spacial score (nSPS) is 22.2. The maximum absolute atomic E-state index is 12.7. The fourth-order valence-electron chi connectivity index (χ4n) is 3.39. The van der Waals surface area contributed by atoms with Crippen LogP contribution in [0.5, 0.6) is 0 Å². The van der Waals surface area contributed by atoms with E-state index in [2.05, 4.69) is 16.8 Å². The van der Waals surface area contributed by atoms with Gasteiger partial charge in [-0.2, -0.15) is 0 Å². The Hall–Kier alpha value is -1.14. The molecule has 2 heterocycles. The van der Waals surface area contributed by atoms with Gasteiger partial charge in [-0.25, -0.2) is 0 Å². The lowest BCUT2D eigenvalue weighted by Gasteiger charge is -2.29. The van der Waals surface area contributed by atoms with E-state index in [1.807, 2.05) is 30.6 Å². The van der Waals surface area contributed by atoms with E-state index in [4.69, 9.17) is 0 Å². The summed E-state index contributed by atoms with van der Waals surface area (Å²) in [4.78, 5) is 33.6. The highest BCUT2D eigenvalue weighted by Gasteiger charge is 2.29. The van der Waals surface area contributed by atoms with E-state index in [0.717, 1.165) is 52.1 Å². The first-order chi connectivity index (χ1) is 11.3. The van der Waals surface area contributed by atoms with Crippen LogP contribution in [0.25, 0.3) is 0 Å². The molecule has 2 saturated heterocycles. The van der Waals surface area contributed by atoms with Crippen molar-refractivity contribution in [3.63, 3.8) is 0 Å². The molecule has 24 heavy (non-hydrogen) atoms. The summed E-state index contributed by atoms with van der Waals surface area (Å²) < 4.78 is 0. The zero-order valence-corrected chi connectivity index (χ0v) is 15.9. The van der Waals surface area contributed by atoms with Crippen molar-refractivity contribution in [3.05, 3.63) is 0 Å². The number of likely N-dealkylation sites (N-methyl/N-ethyl adjacent to an activating group) is 1. The Morgan fingerprint density at radius 3 is 2.12 bits per heavy atom. The maximum atomic E-state index is 12.7. The molecule has 0 N–H and O–H groups in total. The van der Waals surface area contributed by atoms with Crippen LogP contribution < -0.4 is 0 Å². The van der Waals surface area contributed by atoms with E-state index in [-0.39, 0.29) is 17.2 Å². The molecule has 0 radical (unpaired) electrons. The molecule has 0 atom stereocenters. The molecule has 0 saturated carbocycles. The number of amides is 2. The van der Waals surface area contributed by atoms with Gasteiger partial charge in [-0.1, -0.05) is 20.8 Å².